The summed E-state index contributed by atoms with van der Waals surface area (Å²) < 4.78 is 0. The van der Waals surface area contributed by atoms with Gasteiger partial charge in [-0.05, 0) is 49.4 Å². The molecular formula is C26H47N3O3. The molecule has 2 heterocycles. The second-order valence-corrected chi connectivity index (χ2v) is 11.6. The van der Waals surface area contributed by atoms with Crippen LogP contribution in [0.3, 0.4) is 0 Å². The first-order valence-corrected chi connectivity index (χ1v) is 12.8. The summed E-state index contributed by atoms with van der Waals surface area (Å²) in [7, 11) is 0. The molecule has 6 heteroatoms. The summed E-state index contributed by atoms with van der Waals surface area (Å²) in [5.74, 6) is 1.74. The van der Waals surface area contributed by atoms with Gasteiger partial charge in [-0.25, -0.2) is 0 Å². The van der Waals surface area contributed by atoms with Gasteiger partial charge >= 0.3 is 0 Å². The van der Waals surface area contributed by atoms with Crippen molar-refractivity contribution in [2.45, 2.75) is 106 Å². The van der Waals surface area contributed by atoms with E-state index in [0.29, 0.717) is 56.0 Å². The summed E-state index contributed by atoms with van der Waals surface area (Å²) in [5, 5.41) is 0. The molecule has 0 aromatic heterocycles. The Morgan fingerprint density at radius 1 is 0.781 bits per heavy atom. The zero-order chi connectivity index (χ0) is 24.2. The van der Waals surface area contributed by atoms with Crippen LogP contribution >= 0.6 is 0 Å². The lowest BCUT2D eigenvalue weighted by Crippen LogP contribution is -2.73. The zero-order valence-electron chi connectivity index (χ0n) is 21.8. The van der Waals surface area contributed by atoms with E-state index in [1.807, 2.05) is 14.7 Å². The minimum absolute atomic E-state index is 0.0182. The molecule has 0 aromatic carbocycles. The second kappa shape index (κ2) is 11.5. The number of carbonyl (C=O) groups excluding carboxylic acids is 3. The van der Waals surface area contributed by atoms with E-state index in [4.69, 9.17) is 0 Å². The zero-order valence-corrected chi connectivity index (χ0v) is 21.8. The molecule has 0 spiro atoms. The SMILES string of the molecule is CC(C)CCC(=O)N1C[C@H]2CN(CCC(C)C)C(=O)[C@H](CC(C)C)N2C(=O)[C@@H]1CC(C)C. The summed E-state index contributed by atoms with van der Waals surface area (Å²) in [6, 6.07) is -0.964. The Morgan fingerprint density at radius 2 is 1.34 bits per heavy atom. The van der Waals surface area contributed by atoms with E-state index in [9.17, 15) is 14.4 Å². The molecular weight excluding hydrogens is 402 g/mol. The maximum absolute atomic E-state index is 13.8. The van der Waals surface area contributed by atoms with Crippen molar-refractivity contribution < 1.29 is 14.4 Å². The van der Waals surface area contributed by atoms with Crippen molar-refractivity contribution >= 4 is 17.7 Å². The Morgan fingerprint density at radius 3 is 1.88 bits per heavy atom. The molecule has 184 valence electrons. The number of hydrogen-bond acceptors (Lipinski definition) is 3. The molecule has 0 bridgehead atoms. The van der Waals surface area contributed by atoms with Gasteiger partial charge in [-0.2, -0.15) is 0 Å². The lowest BCUT2D eigenvalue weighted by molar-refractivity contribution is -0.171. The van der Waals surface area contributed by atoms with Gasteiger partial charge in [-0.1, -0.05) is 55.4 Å². The van der Waals surface area contributed by atoms with Crippen LogP contribution < -0.4 is 0 Å². The molecule has 0 aliphatic carbocycles. The van der Waals surface area contributed by atoms with E-state index in [1.165, 1.54) is 0 Å². The molecule has 0 unspecified atom stereocenters. The number of piperazine rings is 2. The maximum atomic E-state index is 13.8. The van der Waals surface area contributed by atoms with Crippen molar-refractivity contribution in [1.82, 2.24) is 14.7 Å². The monoisotopic (exact) mass is 449 g/mol. The fourth-order valence-corrected chi connectivity index (χ4v) is 4.94. The van der Waals surface area contributed by atoms with Gasteiger partial charge < -0.3 is 14.7 Å². The van der Waals surface area contributed by atoms with Gasteiger partial charge in [0.1, 0.15) is 12.1 Å². The number of amides is 3. The van der Waals surface area contributed by atoms with E-state index in [0.717, 1.165) is 19.4 Å². The number of rotatable bonds is 10. The lowest BCUT2D eigenvalue weighted by atomic mass is 9.89. The highest BCUT2D eigenvalue weighted by atomic mass is 16.2. The maximum Gasteiger partial charge on any atom is 0.246 e. The highest BCUT2D eigenvalue weighted by Gasteiger charge is 2.50. The highest BCUT2D eigenvalue weighted by molar-refractivity contribution is 5.94. The van der Waals surface area contributed by atoms with Crippen LogP contribution in [0.2, 0.25) is 0 Å². The van der Waals surface area contributed by atoms with Crippen molar-refractivity contribution in [1.29, 1.82) is 0 Å². The number of nitrogens with zero attached hydrogens (tertiary/aromatic N) is 3. The van der Waals surface area contributed by atoms with Crippen LogP contribution in [0.1, 0.15) is 87.5 Å². The average molecular weight is 450 g/mol. The Hall–Kier alpha value is -1.59. The first kappa shape index (κ1) is 26.7. The molecule has 2 rings (SSSR count). The Kier molecular flexibility index (Phi) is 9.59. The fraction of sp³-hybridized carbons (Fsp3) is 0.885. The van der Waals surface area contributed by atoms with E-state index in [1.54, 1.807) is 0 Å². The first-order valence-electron chi connectivity index (χ1n) is 12.8. The van der Waals surface area contributed by atoms with Crippen LogP contribution in [0.5, 0.6) is 0 Å². The number of carbonyl (C=O) groups is 3. The van der Waals surface area contributed by atoms with Crippen molar-refractivity contribution in [3.63, 3.8) is 0 Å². The van der Waals surface area contributed by atoms with Crippen molar-refractivity contribution in [2.24, 2.45) is 23.7 Å². The van der Waals surface area contributed by atoms with Crippen LogP contribution in [0.4, 0.5) is 0 Å². The van der Waals surface area contributed by atoms with E-state index in [2.05, 4.69) is 55.4 Å². The lowest BCUT2D eigenvalue weighted by Gasteiger charge is -2.53. The molecule has 0 aromatic rings. The van der Waals surface area contributed by atoms with E-state index < -0.39 is 12.1 Å². The van der Waals surface area contributed by atoms with Crippen molar-refractivity contribution in [2.75, 3.05) is 19.6 Å². The predicted octanol–water partition coefficient (Wildman–Crippen LogP) is 4.18. The largest absolute Gasteiger partial charge is 0.339 e. The van der Waals surface area contributed by atoms with Gasteiger partial charge in [0.15, 0.2) is 0 Å². The molecule has 6 nitrogen and oxygen atoms in total. The molecule has 2 saturated heterocycles. The summed E-state index contributed by atoms with van der Waals surface area (Å²) >= 11 is 0. The van der Waals surface area contributed by atoms with Gasteiger partial charge in [-0.15, -0.1) is 0 Å². The Labute approximate surface area is 196 Å². The molecule has 0 N–H and O–H groups in total. The fourth-order valence-electron chi connectivity index (χ4n) is 4.94. The minimum Gasteiger partial charge on any atom is -0.339 e. The predicted molar refractivity (Wildman–Crippen MR) is 129 cm³/mol. The normalized spacial score (nSPS) is 24.4. The Balaban J connectivity index is 2.34. The second-order valence-electron chi connectivity index (χ2n) is 11.6. The topological polar surface area (TPSA) is 60.9 Å². The van der Waals surface area contributed by atoms with E-state index >= 15 is 0 Å². The first-order chi connectivity index (χ1) is 14.9. The molecule has 3 atom stereocenters. The minimum atomic E-state index is -0.449. The highest BCUT2D eigenvalue weighted by Crippen LogP contribution is 2.31. The van der Waals surface area contributed by atoms with Crippen LogP contribution in [-0.2, 0) is 14.4 Å². The van der Waals surface area contributed by atoms with Crippen molar-refractivity contribution in [3.8, 4) is 0 Å². The molecule has 2 fully saturated rings. The van der Waals surface area contributed by atoms with Crippen LogP contribution in [0, 0.1) is 23.7 Å². The summed E-state index contributed by atoms with van der Waals surface area (Å²) in [6.45, 7) is 18.8. The van der Waals surface area contributed by atoms with Gasteiger partial charge in [0.2, 0.25) is 17.7 Å². The standard InChI is InChI=1S/C26H47N3O3/c1-17(2)9-10-24(30)28-16-21-15-27(12-11-18(3)4)25(31)23(14-20(7)8)29(21)26(32)22(28)13-19(5)6/h17-23H,9-16H2,1-8H3/t21-,22+,23+/m1/s1. The van der Waals surface area contributed by atoms with Gasteiger partial charge in [0.05, 0.1) is 6.04 Å². The van der Waals surface area contributed by atoms with Gasteiger partial charge in [-0.3, -0.25) is 14.4 Å². The van der Waals surface area contributed by atoms with E-state index in [-0.39, 0.29) is 23.8 Å². The molecule has 3 amide bonds. The third-order valence-electron chi connectivity index (χ3n) is 6.70. The van der Waals surface area contributed by atoms with Gasteiger partial charge in [0.25, 0.3) is 0 Å². The third kappa shape index (κ3) is 6.71. The molecule has 2 aliphatic heterocycles. The average Bonchev–Trinajstić information content (AvgIpc) is 2.68. The van der Waals surface area contributed by atoms with Crippen LogP contribution in [0.15, 0.2) is 0 Å². The summed E-state index contributed by atoms with van der Waals surface area (Å²) in [4.78, 5) is 46.2. The van der Waals surface area contributed by atoms with Crippen molar-refractivity contribution in [3.05, 3.63) is 0 Å². The van der Waals surface area contributed by atoms with Crippen LogP contribution in [0.25, 0.3) is 0 Å². The molecule has 0 radical (unpaired) electrons. The smallest absolute Gasteiger partial charge is 0.246 e. The number of fused-ring (bicyclic) bond motifs is 1. The van der Waals surface area contributed by atoms with Gasteiger partial charge in [0, 0.05) is 26.1 Å². The molecule has 0 saturated carbocycles. The third-order valence-corrected chi connectivity index (χ3v) is 6.70. The Bertz CT molecular complexity index is 659. The summed E-state index contributed by atoms with van der Waals surface area (Å²) in [6.07, 6.45) is 3.59. The molecule has 32 heavy (non-hydrogen) atoms. The van der Waals surface area contributed by atoms with Crippen LogP contribution in [-0.4, -0.2) is 70.2 Å². The molecule has 2 aliphatic rings. The quantitative estimate of drug-likeness (QED) is 0.503. The number of hydrogen-bond donors (Lipinski definition) is 0. The summed E-state index contributed by atoms with van der Waals surface area (Å²) in [5.41, 5.74) is 0.